The molecule has 0 unspecified atom stereocenters. The molecule has 2 atom stereocenters. The zero-order valence-electron chi connectivity index (χ0n) is 6.05. The van der Waals surface area contributed by atoms with Gasteiger partial charge < -0.3 is 9.84 Å². The van der Waals surface area contributed by atoms with E-state index in [1.165, 1.54) is 0 Å². The van der Waals surface area contributed by atoms with Crippen LogP contribution in [0.15, 0.2) is 18.5 Å². The first kappa shape index (κ1) is 6.82. The fraction of sp³-hybridized carbons (Fsp3) is 0.571. The molecule has 1 aromatic rings. The van der Waals surface area contributed by atoms with E-state index >= 15 is 0 Å². The number of aromatic nitrogens is 2. The molecule has 1 aliphatic heterocycles. The van der Waals surface area contributed by atoms with E-state index in [4.69, 9.17) is 4.74 Å². The molecule has 60 valence electrons. The molecule has 1 fully saturated rings. The molecule has 0 radical (unpaired) electrons. The summed E-state index contributed by atoms with van der Waals surface area (Å²) in [5.74, 6) is 0. The van der Waals surface area contributed by atoms with Gasteiger partial charge in [0.05, 0.1) is 13.2 Å². The fourth-order valence-electron chi connectivity index (χ4n) is 1.26. The summed E-state index contributed by atoms with van der Waals surface area (Å²) in [5.41, 5.74) is 0. The average Bonchev–Trinajstić information content (AvgIpc) is 2.55. The normalized spacial score (nSPS) is 31.0. The molecule has 0 amide bonds. The van der Waals surface area contributed by atoms with E-state index in [-0.39, 0.29) is 6.04 Å². The largest absolute Gasteiger partial charge is 0.388 e. The lowest BCUT2D eigenvalue weighted by Gasteiger charge is -2.11. The van der Waals surface area contributed by atoms with Gasteiger partial charge in [-0.25, -0.2) is 0 Å². The van der Waals surface area contributed by atoms with Crippen LogP contribution in [0.25, 0.3) is 0 Å². The minimum atomic E-state index is -0.408. The van der Waals surface area contributed by atoms with Crippen LogP contribution in [-0.4, -0.2) is 34.2 Å². The number of ether oxygens (including phenoxy) is 1. The lowest BCUT2D eigenvalue weighted by atomic mass is 10.2. The smallest absolute Gasteiger partial charge is 0.103 e. The molecule has 1 aromatic heterocycles. The van der Waals surface area contributed by atoms with Gasteiger partial charge in [-0.1, -0.05) is 0 Å². The van der Waals surface area contributed by atoms with Crippen molar-refractivity contribution < 1.29 is 9.84 Å². The lowest BCUT2D eigenvalue weighted by Crippen LogP contribution is -2.22. The summed E-state index contributed by atoms with van der Waals surface area (Å²) < 4.78 is 6.82. The third-order valence-electron chi connectivity index (χ3n) is 1.89. The number of aliphatic hydroxyl groups excluding tert-OH is 1. The van der Waals surface area contributed by atoms with Crippen LogP contribution in [0, 0.1) is 0 Å². The number of hydrogen-bond acceptors (Lipinski definition) is 3. The molecule has 1 aliphatic rings. The van der Waals surface area contributed by atoms with Crippen molar-refractivity contribution in [1.29, 1.82) is 0 Å². The summed E-state index contributed by atoms with van der Waals surface area (Å²) in [7, 11) is 0. The van der Waals surface area contributed by atoms with Gasteiger partial charge in [0.1, 0.15) is 12.1 Å². The van der Waals surface area contributed by atoms with Crippen molar-refractivity contribution in [2.24, 2.45) is 0 Å². The summed E-state index contributed by atoms with van der Waals surface area (Å²) in [4.78, 5) is 0. The molecule has 2 rings (SSSR count). The molecule has 4 heteroatoms. The second-order valence-corrected chi connectivity index (χ2v) is 2.66. The molecule has 0 spiro atoms. The highest BCUT2D eigenvalue weighted by Crippen LogP contribution is 2.17. The summed E-state index contributed by atoms with van der Waals surface area (Å²) in [6.07, 6.45) is 3.13. The number of hydrogen-bond donors (Lipinski definition) is 1. The van der Waals surface area contributed by atoms with Gasteiger partial charge in [-0.15, -0.1) is 0 Å². The van der Waals surface area contributed by atoms with Crippen LogP contribution in [-0.2, 0) is 4.74 Å². The minimum Gasteiger partial charge on any atom is -0.388 e. The lowest BCUT2D eigenvalue weighted by molar-refractivity contribution is 0.118. The topological polar surface area (TPSA) is 47.3 Å². The van der Waals surface area contributed by atoms with Gasteiger partial charge in [-0.2, -0.15) is 5.10 Å². The van der Waals surface area contributed by atoms with E-state index in [9.17, 15) is 5.11 Å². The van der Waals surface area contributed by atoms with Crippen molar-refractivity contribution in [3.8, 4) is 0 Å². The highest BCUT2D eigenvalue weighted by atomic mass is 16.5. The predicted octanol–water partition coefficient (Wildman–Crippen LogP) is -0.185. The molecule has 2 heterocycles. The van der Waals surface area contributed by atoms with E-state index < -0.39 is 6.10 Å². The maximum absolute atomic E-state index is 9.37. The first-order chi connectivity index (χ1) is 5.38. The zero-order chi connectivity index (χ0) is 7.68. The van der Waals surface area contributed by atoms with Gasteiger partial charge >= 0.3 is 0 Å². The summed E-state index contributed by atoms with van der Waals surface area (Å²) in [5, 5.41) is 13.4. The van der Waals surface area contributed by atoms with Gasteiger partial charge in [0, 0.05) is 12.4 Å². The van der Waals surface area contributed by atoms with E-state index in [2.05, 4.69) is 5.10 Å². The highest BCUT2D eigenvalue weighted by Gasteiger charge is 2.27. The highest BCUT2D eigenvalue weighted by molar-refractivity contribution is 4.86. The molecule has 1 saturated heterocycles. The first-order valence-corrected chi connectivity index (χ1v) is 3.63. The van der Waals surface area contributed by atoms with Gasteiger partial charge in [0.25, 0.3) is 0 Å². The van der Waals surface area contributed by atoms with Crippen molar-refractivity contribution in [3.63, 3.8) is 0 Å². The Kier molecular flexibility index (Phi) is 1.63. The van der Waals surface area contributed by atoms with Crippen LogP contribution in [0.4, 0.5) is 0 Å². The number of rotatable bonds is 1. The predicted molar refractivity (Wildman–Crippen MR) is 38.1 cm³/mol. The van der Waals surface area contributed by atoms with Crippen molar-refractivity contribution >= 4 is 0 Å². The second kappa shape index (κ2) is 2.64. The first-order valence-electron chi connectivity index (χ1n) is 3.63. The molecular formula is C7H10N2O2. The summed E-state index contributed by atoms with van der Waals surface area (Å²) in [6.45, 7) is 0.980. The maximum Gasteiger partial charge on any atom is 0.103 e. The van der Waals surface area contributed by atoms with E-state index in [1.54, 1.807) is 10.9 Å². The van der Waals surface area contributed by atoms with Crippen LogP contribution in [0.1, 0.15) is 6.04 Å². The number of aliphatic hydroxyl groups is 1. The van der Waals surface area contributed by atoms with Gasteiger partial charge in [0.15, 0.2) is 0 Å². The third kappa shape index (κ3) is 1.15. The Hall–Kier alpha value is -0.870. The Morgan fingerprint density at radius 1 is 1.55 bits per heavy atom. The summed E-state index contributed by atoms with van der Waals surface area (Å²) in [6, 6.07) is 1.84. The SMILES string of the molecule is O[C@H]1COC[C@H]1n1cccn1. The Balaban J connectivity index is 2.16. The molecular weight excluding hydrogens is 144 g/mol. The Morgan fingerprint density at radius 3 is 3.00 bits per heavy atom. The molecule has 0 saturated carbocycles. The Bertz CT molecular complexity index is 222. The maximum atomic E-state index is 9.37. The molecule has 1 N–H and O–H groups in total. The standard InChI is InChI=1S/C7H10N2O2/c10-7-5-11-4-6(7)9-3-1-2-8-9/h1-3,6-7,10H,4-5H2/t6-,7+/m1/s1. The Labute approximate surface area is 64.4 Å². The third-order valence-corrected chi connectivity index (χ3v) is 1.89. The van der Waals surface area contributed by atoms with E-state index in [0.29, 0.717) is 13.2 Å². The molecule has 0 bridgehead atoms. The van der Waals surface area contributed by atoms with Crippen molar-refractivity contribution in [3.05, 3.63) is 18.5 Å². The monoisotopic (exact) mass is 154 g/mol. The van der Waals surface area contributed by atoms with Crippen LogP contribution in [0.2, 0.25) is 0 Å². The average molecular weight is 154 g/mol. The van der Waals surface area contributed by atoms with Crippen molar-refractivity contribution in [2.45, 2.75) is 12.1 Å². The summed E-state index contributed by atoms with van der Waals surface area (Å²) >= 11 is 0. The fourth-order valence-corrected chi connectivity index (χ4v) is 1.26. The van der Waals surface area contributed by atoms with Crippen molar-refractivity contribution in [1.82, 2.24) is 9.78 Å². The van der Waals surface area contributed by atoms with E-state index in [0.717, 1.165) is 0 Å². The Morgan fingerprint density at radius 2 is 2.45 bits per heavy atom. The van der Waals surface area contributed by atoms with Gasteiger partial charge in [0.2, 0.25) is 0 Å². The quantitative estimate of drug-likeness (QED) is 0.610. The van der Waals surface area contributed by atoms with Crippen LogP contribution >= 0.6 is 0 Å². The van der Waals surface area contributed by atoms with E-state index in [1.807, 2.05) is 12.3 Å². The molecule has 0 aromatic carbocycles. The van der Waals surface area contributed by atoms with Crippen molar-refractivity contribution in [2.75, 3.05) is 13.2 Å². The van der Waals surface area contributed by atoms with Crippen LogP contribution < -0.4 is 0 Å². The second-order valence-electron chi connectivity index (χ2n) is 2.66. The number of nitrogens with zero attached hydrogens (tertiary/aromatic N) is 2. The minimum absolute atomic E-state index is 0.00463. The van der Waals surface area contributed by atoms with Gasteiger partial charge in [-0.05, 0) is 6.07 Å². The zero-order valence-corrected chi connectivity index (χ0v) is 6.05. The molecule has 0 aliphatic carbocycles. The van der Waals surface area contributed by atoms with Gasteiger partial charge in [-0.3, -0.25) is 4.68 Å². The van der Waals surface area contributed by atoms with Crippen LogP contribution in [0.5, 0.6) is 0 Å². The molecule has 4 nitrogen and oxygen atoms in total. The van der Waals surface area contributed by atoms with Crippen LogP contribution in [0.3, 0.4) is 0 Å². The molecule has 11 heavy (non-hydrogen) atoms.